The van der Waals surface area contributed by atoms with Crippen molar-refractivity contribution in [3.63, 3.8) is 0 Å². The summed E-state index contributed by atoms with van der Waals surface area (Å²) in [5, 5.41) is 1.64. The Kier molecular flexibility index (Phi) is 2.42. The normalized spacial score (nSPS) is 12.0. The fraction of sp³-hybridized carbons (Fsp3) is 0.176. The molecule has 0 aliphatic rings. The van der Waals surface area contributed by atoms with Crippen LogP contribution < -0.4 is 5.56 Å². The van der Waals surface area contributed by atoms with Gasteiger partial charge in [-0.25, -0.2) is 4.98 Å². The molecule has 104 valence electrons. The van der Waals surface area contributed by atoms with Gasteiger partial charge in [0, 0.05) is 23.0 Å². The molecule has 0 bridgehead atoms. The van der Waals surface area contributed by atoms with Gasteiger partial charge in [-0.05, 0) is 32.0 Å². The molecule has 0 unspecified atom stereocenters. The molecule has 0 amide bonds. The van der Waals surface area contributed by atoms with Gasteiger partial charge in [-0.15, -0.1) is 0 Å². The molecule has 0 N–H and O–H groups in total. The molecule has 4 rings (SSSR count). The zero-order chi connectivity index (χ0) is 14.6. The molecule has 0 spiro atoms. The topological polar surface area (TPSA) is 39.3 Å². The largest absolute Gasteiger partial charge is 0.289 e. The van der Waals surface area contributed by atoms with Gasteiger partial charge < -0.3 is 0 Å². The van der Waals surface area contributed by atoms with E-state index < -0.39 is 0 Å². The number of aromatic nitrogens is 3. The molecule has 0 saturated heterocycles. The minimum atomic E-state index is 0.0405. The standard InChI is InChI=1S/C17H15N3O/c1-11(2)20-16-15(18-14-9-5-6-10-19(14)16)12-7-3-4-8-13(12)17(20)21/h3-11H,1-2H3. The third kappa shape index (κ3) is 1.56. The lowest BCUT2D eigenvalue weighted by Crippen LogP contribution is -2.23. The smallest absolute Gasteiger partial charge is 0.260 e. The summed E-state index contributed by atoms with van der Waals surface area (Å²) < 4.78 is 3.82. The number of pyridine rings is 2. The maximum Gasteiger partial charge on any atom is 0.260 e. The maximum absolute atomic E-state index is 12.8. The van der Waals surface area contributed by atoms with Crippen molar-refractivity contribution in [3.8, 4) is 0 Å². The Labute approximate surface area is 121 Å². The van der Waals surface area contributed by atoms with Crippen molar-refractivity contribution in [2.24, 2.45) is 0 Å². The van der Waals surface area contributed by atoms with Crippen LogP contribution in [0.1, 0.15) is 19.9 Å². The molecule has 0 saturated carbocycles. The van der Waals surface area contributed by atoms with Crippen molar-refractivity contribution in [3.05, 3.63) is 59.0 Å². The summed E-state index contributed by atoms with van der Waals surface area (Å²) in [4.78, 5) is 17.6. The van der Waals surface area contributed by atoms with E-state index in [4.69, 9.17) is 4.98 Å². The average molecular weight is 277 g/mol. The highest BCUT2D eigenvalue weighted by Crippen LogP contribution is 2.25. The summed E-state index contributed by atoms with van der Waals surface area (Å²) in [6.07, 6.45) is 1.96. The van der Waals surface area contributed by atoms with Crippen LogP contribution in [0.4, 0.5) is 0 Å². The second kappa shape index (κ2) is 4.19. The van der Waals surface area contributed by atoms with Crippen molar-refractivity contribution < 1.29 is 0 Å². The van der Waals surface area contributed by atoms with Crippen LogP contribution in [0, 0.1) is 0 Å². The van der Waals surface area contributed by atoms with E-state index in [-0.39, 0.29) is 11.6 Å². The first-order valence-electron chi connectivity index (χ1n) is 7.08. The van der Waals surface area contributed by atoms with E-state index in [2.05, 4.69) is 0 Å². The van der Waals surface area contributed by atoms with Crippen molar-refractivity contribution in [2.75, 3.05) is 0 Å². The summed E-state index contributed by atoms with van der Waals surface area (Å²) in [6, 6.07) is 13.6. The number of imidazole rings is 1. The van der Waals surface area contributed by atoms with Gasteiger partial charge in [0.25, 0.3) is 5.56 Å². The number of hydrogen-bond acceptors (Lipinski definition) is 2. The summed E-state index contributed by atoms with van der Waals surface area (Å²) in [7, 11) is 0. The van der Waals surface area contributed by atoms with Gasteiger partial charge in [-0.2, -0.15) is 0 Å². The first kappa shape index (κ1) is 12.1. The van der Waals surface area contributed by atoms with E-state index in [9.17, 15) is 4.79 Å². The quantitative estimate of drug-likeness (QED) is 0.535. The maximum atomic E-state index is 12.8. The zero-order valence-corrected chi connectivity index (χ0v) is 11.9. The summed E-state index contributed by atoms with van der Waals surface area (Å²) in [5.74, 6) is 0. The predicted molar refractivity (Wildman–Crippen MR) is 84.8 cm³/mol. The molecule has 21 heavy (non-hydrogen) atoms. The molecular formula is C17H15N3O. The number of nitrogens with zero attached hydrogens (tertiary/aromatic N) is 3. The van der Waals surface area contributed by atoms with Crippen LogP contribution in [0.5, 0.6) is 0 Å². The molecule has 0 atom stereocenters. The molecule has 1 aromatic carbocycles. The molecule has 4 nitrogen and oxygen atoms in total. The Balaban J connectivity index is 2.41. The summed E-state index contributed by atoms with van der Waals surface area (Å²) in [6.45, 7) is 4.05. The van der Waals surface area contributed by atoms with Crippen molar-refractivity contribution >= 4 is 27.6 Å². The molecule has 3 heterocycles. The van der Waals surface area contributed by atoms with Crippen LogP contribution in [-0.4, -0.2) is 14.0 Å². The van der Waals surface area contributed by atoms with Gasteiger partial charge in [0.1, 0.15) is 16.8 Å². The van der Waals surface area contributed by atoms with Gasteiger partial charge in [-0.3, -0.25) is 13.8 Å². The first-order valence-corrected chi connectivity index (χ1v) is 7.08. The lowest BCUT2D eigenvalue weighted by molar-refractivity contribution is 0.597. The van der Waals surface area contributed by atoms with Crippen LogP contribution in [-0.2, 0) is 0 Å². The van der Waals surface area contributed by atoms with Gasteiger partial charge in [-0.1, -0.05) is 24.3 Å². The Hall–Kier alpha value is -2.62. The van der Waals surface area contributed by atoms with Gasteiger partial charge in [0.05, 0.1) is 0 Å². The predicted octanol–water partition coefficient (Wildman–Crippen LogP) is 3.38. The average Bonchev–Trinajstić information content (AvgIpc) is 2.87. The lowest BCUT2D eigenvalue weighted by atomic mass is 10.1. The highest BCUT2D eigenvalue weighted by atomic mass is 16.1. The van der Waals surface area contributed by atoms with E-state index >= 15 is 0 Å². The summed E-state index contributed by atoms with van der Waals surface area (Å²) >= 11 is 0. The van der Waals surface area contributed by atoms with Crippen LogP contribution in [0.3, 0.4) is 0 Å². The molecular weight excluding hydrogens is 262 g/mol. The van der Waals surface area contributed by atoms with E-state index in [1.54, 1.807) is 0 Å². The first-order chi connectivity index (χ1) is 10.2. The van der Waals surface area contributed by atoms with E-state index in [0.29, 0.717) is 0 Å². The lowest BCUT2D eigenvalue weighted by Gasteiger charge is -2.13. The highest BCUT2D eigenvalue weighted by Gasteiger charge is 2.17. The minimum absolute atomic E-state index is 0.0405. The number of hydrogen-bond donors (Lipinski definition) is 0. The fourth-order valence-electron chi connectivity index (χ4n) is 2.97. The molecule has 0 aliphatic carbocycles. The van der Waals surface area contributed by atoms with Crippen molar-refractivity contribution in [1.82, 2.24) is 14.0 Å². The summed E-state index contributed by atoms with van der Waals surface area (Å²) in [5.41, 5.74) is 2.64. The van der Waals surface area contributed by atoms with E-state index in [1.165, 1.54) is 0 Å². The van der Waals surface area contributed by atoms with Gasteiger partial charge >= 0.3 is 0 Å². The molecule has 0 fully saturated rings. The molecule has 3 aromatic heterocycles. The van der Waals surface area contributed by atoms with Crippen molar-refractivity contribution in [1.29, 1.82) is 0 Å². The third-order valence-corrected chi connectivity index (χ3v) is 3.88. The van der Waals surface area contributed by atoms with Crippen LogP contribution in [0.15, 0.2) is 53.5 Å². The number of fused-ring (bicyclic) bond motifs is 5. The fourth-order valence-corrected chi connectivity index (χ4v) is 2.97. The molecule has 4 aromatic rings. The molecule has 0 radical (unpaired) electrons. The van der Waals surface area contributed by atoms with Gasteiger partial charge in [0.15, 0.2) is 0 Å². The highest BCUT2D eigenvalue weighted by molar-refractivity contribution is 6.03. The Bertz CT molecular complexity index is 1040. The number of benzene rings is 1. The van der Waals surface area contributed by atoms with Crippen LogP contribution in [0.25, 0.3) is 27.6 Å². The monoisotopic (exact) mass is 277 g/mol. The van der Waals surface area contributed by atoms with Gasteiger partial charge in [0.2, 0.25) is 0 Å². The SMILES string of the molecule is CC(C)n1c(=O)c2ccccc2c2nc3ccccn3c21. The second-order valence-electron chi connectivity index (χ2n) is 5.53. The van der Waals surface area contributed by atoms with E-state index in [0.717, 1.165) is 27.6 Å². The van der Waals surface area contributed by atoms with Crippen LogP contribution >= 0.6 is 0 Å². The Morgan fingerprint density at radius 1 is 1.00 bits per heavy atom. The number of rotatable bonds is 1. The Morgan fingerprint density at radius 2 is 1.71 bits per heavy atom. The van der Waals surface area contributed by atoms with E-state index in [1.807, 2.05) is 71.5 Å². The van der Waals surface area contributed by atoms with Crippen molar-refractivity contribution in [2.45, 2.75) is 19.9 Å². The van der Waals surface area contributed by atoms with Crippen LogP contribution in [0.2, 0.25) is 0 Å². The second-order valence-corrected chi connectivity index (χ2v) is 5.53. The zero-order valence-electron chi connectivity index (χ0n) is 11.9. The molecule has 4 heteroatoms. The molecule has 0 aliphatic heterocycles. The Morgan fingerprint density at radius 3 is 2.48 bits per heavy atom. The third-order valence-electron chi connectivity index (χ3n) is 3.88. The minimum Gasteiger partial charge on any atom is -0.289 e.